The van der Waals surface area contributed by atoms with Crippen LogP contribution in [0.5, 0.6) is 0 Å². The number of anilines is 3. The van der Waals surface area contributed by atoms with Crippen LogP contribution in [-0.2, 0) is 0 Å². The molecule has 0 saturated carbocycles. The van der Waals surface area contributed by atoms with Crippen LogP contribution in [0, 0.1) is 33.0 Å². The number of benzene rings is 2. The molecule has 3 N–H and O–H groups in total. The van der Waals surface area contributed by atoms with E-state index in [2.05, 4.69) is 5.32 Å². The number of rotatable bonds is 4. The third-order valence-corrected chi connectivity index (χ3v) is 2.98. The Morgan fingerprint density at radius 3 is 2.23 bits per heavy atom. The van der Waals surface area contributed by atoms with E-state index in [4.69, 9.17) is 5.73 Å². The molecule has 0 bridgehead atoms. The van der Waals surface area contributed by atoms with Crippen molar-refractivity contribution in [3.63, 3.8) is 0 Å². The number of hydrogen-bond donors (Lipinski definition) is 2. The van der Waals surface area contributed by atoms with Crippen molar-refractivity contribution in [2.24, 2.45) is 0 Å². The first-order valence-corrected chi connectivity index (χ1v) is 6.05. The Bertz CT molecular complexity index is 779. The van der Waals surface area contributed by atoms with Crippen LogP contribution in [0.3, 0.4) is 0 Å². The SMILES string of the molecule is Cc1cc(N)ccc1Nc1cc(F)c([N+](=O)[O-])cc1[N+](=O)[O-]. The minimum absolute atomic E-state index is 0.180. The first kappa shape index (κ1) is 15.2. The van der Waals surface area contributed by atoms with E-state index in [9.17, 15) is 24.6 Å². The average molecular weight is 306 g/mol. The maximum absolute atomic E-state index is 13.7. The number of nitro groups is 2. The summed E-state index contributed by atoms with van der Waals surface area (Å²) in [6.07, 6.45) is 0. The summed E-state index contributed by atoms with van der Waals surface area (Å²) in [5.41, 5.74) is 5.55. The van der Waals surface area contributed by atoms with Crippen molar-refractivity contribution in [2.75, 3.05) is 11.1 Å². The van der Waals surface area contributed by atoms with Gasteiger partial charge in [-0.05, 0) is 30.7 Å². The van der Waals surface area contributed by atoms with Gasteiger partial charge in [-0.2, -0.15) is 4.39 Å². The van der Waals surface area contributed by atoms with Gasteiger partial charge in [-0.1, -0.05) is 0 Å². The third kappa shape index (κ3) is 2.92. The molecule has 114 valence electrons. The van der Waals surface area contributed by atoms with Crippen molar-refractivity contribution in [3.8, 4) is 0 Å². The van der Waals surface area contributed by atoms with Gasteiger partial charge in [0.15, 0.2) is 0 Å². The quantitative estimate of drug-likeness (QED) is 0.507. The zero-order chi connectivity index (χ0) is 16.4. The fourth-order valence-corrected chi connectivity index (χ4v) is 1.91. The molecule has 0 atom stereocenters. The molecule has 0 heterocycles. The highest BCUT2D eigenvalue weighted by Crippen LogP contribution is 2.34. The molecule has 2 aromatic carbocycles. The zero-order valence-electron chi connectivity index (χ0n) is 11.4. The number of nitrogens with one attached hydrogen (secondary N) is 1. The van der Waals surface area contributed by atoms with Gasteiger partial charge in [0.05, 0.1) is 15.9 Å². The molecular weight excluding hydrogens is 295 g/mol. The number of hydrogen-bond acceptors (Lipinski definition) is 6. The number of nitrogens with two attached hydrogens (primary N) is 1. The summed E-state index contributed by atoms with van der Waals surface area (Å²) >= 11 is 0. The van der Waals surface area contributed by atoms with E-state index in [1.54, 1.807) is 25.1 Å². The summed E-state index contributed by atoms with van der Waals surface area (Å²) in [6, 6.07) is 6.10. The van der Waals surface area contributed by atoms with Crippen LogP contribution in [0.4, 0.5) is 32.8 Å². The fourth-order valence-electron chi connectivity index (χ4n) is 1.91. The lowest BCUT2D eigenvalue weighted by molar-refractivity contribution is -0.395. The number of aryl methyl sites for hydroxylation is 1. The first-order valence-electron chi connectivity index (χ1n) is 6.05. The van der Waals surface area contributed by atoms with E-state index < -0.39 is 27.0 Å². The van der Waals surface area contributed by atoms with Crippen LogP contribution in [-0.4, -0.2) is 9.85 Å². The minimum Gasteiger partial charge on any atom is -0.399 e. The van der Waals surface area contributed by atoms with Gasteiger partial charge in [0, 0.05) is 17.4 Å². The number of nitrogen functional groups attached to an aromatic ring is 1. The Morgan fingerprint density at radius 1 is 1.05 bits per heavy atom. The molecule has 8 nitrogen and oxygen atoms in total. The summed E-state index contributed by atoms with van der Waals surface area (Å²) in [5.74, 6) is -1.16. The van der Waals surface area contributed by atoms with E-state index in [0.29, 0.717) is 23.0 Å². The molecular formula is C13H11FN4O4. The molecule has 0 saturated heterocycles. The van der Waals surface area contributed by atoms with Gasteiger partial charge < -0.3 is 11.1 Å². The summed E-state index contributed by atoms with van der Waals surface area (Å²) in [7, 11) is 0. The van der Waals surface area contributed by atoms with E-state index >= 15 is 0 Å². The van der Waals surface area contributed by atoms with Crippen LogP contribution >= 0.6 is 0 Å². The molecule has 0 amide bonds. The van der Waals surface area contributed by atoms with Gasteiger partial charge in [-0.25, -0.2) is 0 Å². The Kier molecular flexibility index (Phi) is 3.89. The first-order chi connectivity index (χ1) is 10.3. The molecule has 0 spiro atoms. The van der Waals surface area contributed by atoms with Gasteiger partial charge in [0.1, 0.15) is 5.69 Å². The minimum atomic E-state index is -1.16. The van der Waals surface area contributed by atoms with E-state index in [-0.39, 0.29) is 5.69 Å². The highest BCUT2D eigenvalue weighted by Gasteiger charge is 2.25. The monoisotopic (exact) mass is 306 g/mol. The van der Waals surface area contributed by atoms with Crippen molar-refractivity contribution < 1.29 is 14.2 Å². The van der Waals surface area contributed by atoms with Gasteiger partial charge in [0.2, 0.25) is 5.82 Å². The molecule has 2 rings (SSSR count). The summed E-state index contributed by atoms with van der Waals surface area (Å²) in [5, 5.41) is 24.4. The van der Waals surface area contributed by atoms with E-state index in [1.807, 2.05) is 0 Å². The Balaban J connectivity index is 2.52. The third-order valence-electron chi connectivity index (χ3n) is 2.98. The van der Waals surface area contributed by atoms with Crippen LogP contribution in [0.25, 0.3) is 0 Å². The number of nitro benzene ring substituents is 2. The van der Waals surface area contributed by atoms with E-state index in [1.165, 1.54) is 0 Å². The second kappa shape index (κ2) is 5.64. The molecule has 0 aliphatic heterocycles. The Labute approximate surface area is 123 Å². The largest absolute Gasteiger partial charge is 0.399 e. The summed E-state index contributed by atoms with van der Waals surface area (Å²) in [4.78, 5) is 19.9. The standard InChI is InChI=1S/C13H11FN4O4/c1-7-4-8(15)2-3-10(7)16-11-5-9(14)12(17(19)20)6-13(11)18(21)22/h2-6,16H,15H2,1H3. The highest BCUT2D eigenvalue weighted by atomic mass is 19.1. The van der Waals surface area contributed by atoms with Crippen LogP contribution in [0.15, 0.2) is 30.3 Å². The van der Waals surface area contributed by atoms with Crippen molar-refractivity contribution in [1.29, 1.82) is 0 Å². The van der Waals surface area contributed by atoms with Crippen molar-refractivity contribution >= 4 is 28.4 Å². The number of nitrogens with zero attached hydrogens (tertiary/aromatic N) is 2. The zero-order valence-corrected chi connectivity index (χ0v) is 11.4. The van der Waals surface area contributed by atoms with Crippen LogP contribution in [0.1, 0.15) is 5.56 Å². The summed E-state index contributed by atoms with van der Waals surface area (Å²) < 4.78 is 13.7. The molecule has 0 aliphatic carbocycles. The average Bonchev–Trinajstić information content (AvgIpc) is 2.41. The lowest BCUT2D eigenvalue weighted by Gasteiger charge is -2.10. The molecule has 2 aromatic rings. The highest BCUT2D eigenvalue weighted by molar-refractivity contribution is 5.74. The lowest BCUT2D eigenvalue weighted by Crippen LogP contribution is -2.02. The lowest BCUT2D eigenvalue weighted by atomic mass is 10.1. The Morgan fingerprint density at radius 2 is 1.68 bits per heavy atom. The van der Waals surface area contributed by atoms with Crippen LogP contribution < -0.4 is 11.1 Å². The van der Waals surface area contributed by atoms with Crippen molar-refractivity contribution in [1.82, 2.24) is 0 Å². The normalized spacial score (nSPS) is 10.3. The van der Waals surface area contributed by atoms with Gasteiger partial charge in [-0.15, -0.1) is 0 Å². The maximum Gasteiger partial charge on any atom is 0.311 e. The second-order valence-electron chi connectivity index (χ2n) is 4.53. The second-order valence-corrected chi connectivity index (χ2v) is 4.53. The molecule has 0 aliphatic rings. The molecule has 9 heteroatoms. The maximum atomic E-state index is 13.7. The topological polar surface area (TPSA) is 124 Å². The van der Waals surface area contributed by atoms with Crippen molar-refractivity contribution in [2.45, 2.75) is 6.92 Å². The fraction of sp³-hybridized carbons (Fsp3) is 0.0769. The van der Waals surface area contributed by atoms with Gasteiger partial charge >= 0.3 is 5.69 Å². The molecule has 0 radical (unpaired) electrons. The van der Waals surface area contributed by atoms with E-state index in [0.717, 1.165) is 6.07 Å². The predicted octanol–water partition coefficient (Wildman–Crippen LogP) is 3.28. The van der Waals surface area contributed by atoms with Crippen molar-refractivity contribution in [3.05, 3.63) is 61.9 Å². The molecule has 0 unspecified atom stereocenters. The summed E-state index contributed by atoms with van der Waals surface area (Å²) in [6.45, 7) is 1.71. The molecule has 22 heavy (non-hydrogen) atoms. The van der Waals surface area contributed by atoms with Crippen LogP contribution in [0.2, 0.25) is 0 Å². The molecule has 0 aromatic heterocycles. The molecule has 0 fully saturated rings. The number of halogens is 1. The smallest absolute Gasteiger partial charge is 0.311 e. The predicted molar refractivity (Wildman–Crippen MR) is 78.6 cm³/mol. The van der Waals surface area contributed by atoms with Gasteiger partial charge in [-0.3, -0.25) is 20.2 Å². The van der Waals surface area contributed by atoms with Gasteiger partial charge in [0.25, 0.3) is 5.69 Å². The Hall–Kier alpha value is -3.23.